The van der Waals surface area contributed by atoms with E-state index in [2.05, 4.69) is 17.2 Å². The van der Waals surface area contributed by atoms with Crippen LogP contribution in [0, 0.1) is 5.92 Å². The number of thiocarbonyl (C=S) groups is 1. The first-order chi connectivity index (χ1) is 8.72. The van der Waals surface area contributed by atoms with Gasteiger partial charge in [0.05, 0.1) is 5.69 Å². The third kappa shape index (κ3) is 2.99. The molecule has 1 fully saturated rings. The summed E-state index contributed by atoms with van der Waals surface area (Å²) in [5, 5.41) is 3.60. The molecule has 0 amide bonds. The Bertz CT molecular complexity index is 419. The topological polar surface area (TPSA) is 50.9 Å². The zero-order chi connectivity index (χ0) is 13.0. The largest absolute Gasteiger partial charge is 0.388 e. The number of hydrogen-bond acceptors (Lipinski definition) is 3. The second-order valence-corrected chi connectivity index (χ2v) is 5.41. The molecule has 0 spiro atoms. The molecule has 1 aromatic heterocycles. The van der Waals surface area contributed by atoms with Crippen LogP contribution in [0.4, 0.5) is 5.69 Å². The smallest absolute Gasteiger partial charge is 0.124 e. The molecule has 1 aliphatic carbocycles. The molecule has 0 radical (unpaired) electrons. The average molecular weight is 263 g/mol. The van der Waals surface area contributed by atoms with Crippen LogP contribution in [0.5, 0.6) is 0 Å². The van der Waals surface area contributed by atoms with Gasteiger partial charge in [-0.2, -0.15) is 0 Å². The molecule has 0 aromatic carbocycles. The Morgan fingerprint density at radius 2 is 2.28 bits per heavy atom. The molecule has 3 nitrogen and oxygen atoms in total. The molecule has 2 rings (SSSR count). The van der Waals surface area contributed by atoms with Gasteiger partial charge in [0.2, 0.25) is 0 Å². The van der Waals surface area contributed by atoms with Crippen molar-refractivity contribution >= 4 is 22.9 Å². The van der Waals surface area contributed by atoms with Crippen molar-refractivity contribution in [2.45, 2.75) is 45.1 Å². The standard InChI is InChI=1S/C14H21N3S/c1-2-10-6-3-4-7-11(10)17-12-8-5-9-16-13(12)14(15)18/h5,8-11,17H,2-4,6-7H2,1H3,(H2,15,18). The third-order valence-electron chi connectivity index (χ3n) is 3.82. The van der Waals surface area contributed by atoms with E-state index in [4.69, 9.17) is 18.0 Å². The number of hydrogen-bond donors (Lipinski definition) is 2. The molecule has 2 unspecified atom stereocenters. The van der Waals surface area contributed by atoms with Crippen LogP contribution in [-0.2, 0) is 0 Å². The van der Waals surface area contributed by atoms with E-state index in [-0.39, 0.29) is 0 Å². The molecule has 0 bridgehead atoms. The Balaban J connectivity index is 2.15. The highest BCUT2D eigenvalue weighted by molar-refractivity contribution is 7.80. The molecule has 1 aliphatic rings. The number of anilines is 1. The second-order valence-electron chi connectivity index (χ2n) is 4.97. The summed E-state index contributed by atoms with van der Waals surface area (Å²) in [6, 6.07) is 4.47. The predicted octanol–water partition coefficient (Wildman–Crippen LogP) is 3.10. The second kappa shape index (κ2) is 6.14. The van der Waals surface area contributed by atoms with Gasteiger partial charge in [-0.15, -0.1) is 0 Å². The summed E-state index contributed by atoms with van der Waals surface area (Å²) in [6.45, 7) is 2.27. The number of rotatable bonds is 4. The molecule has 98 valence electrons. The summed E-state index contributed by atoms with van der Waals surface area (Å²) in [5.74, 6) is 0.748. The van der Waals surface area contributed by atoms with Gasteiger partial charge in [-0.3, -0.25) is 4.98 Å². The SMILES string of the molecule is CCC1CCCCC1Nc1cccnc1C(N)=S. The Labute approximate surface area is 114 Å². The van der Waals surface area contributed by atoms with Crippen LogP contribution < -0.4 is 11.1 Å². The summed E-state index contributed by atoms with van der Waals surface area (Å²) in [7, 11) is 0. The molecule has 0 aliphatic heterocycles. The fourth-order valence-electron chi connectivity index (χ4n) is 2.80. The van der Waals surface area contributed by atoms with Gasteiger partial charge in [-0.25, -0.2) is 0 Å². The first-order valence-corrected chi connectivity index (χ1v) is 7.14. The van der Waals surface area contributed by atoms with Gasteiger partial charge < -0.3 is 11.1 Å². The number of nitrogens with one attached hydrogen (secondary N) is 1. The molecule has 1 heterocycles. The first-order valence-electron chi connectivity index (χ1n) is 6.73. The van der Waals surface area contributed by atoms with Crippen molar-refractivity contribution in [3.63, 3.8) is 0 Å². The van der Waals surface area contributed by atoms with Crippen molar-refractivity contribution in [3.05, 3.63) is 24.0 Å². The van der Waals surface area contributed by atoms with Gasteiger partial charge >= 0.3 is 0 Å². The van der Waals surface area contributed by atoms with Crippen LogP contribution in [-0.4, -0.2) is 16.0 Å². The number of aromatic nitrogens is 1. The van der Waals surface area contributed by atoms with Crippen molar-refractivity contribution in [1.82, 2.24) is 4.98 Å². The van der Waals surface area contributed by atoms with Gasteiger partial charge in [0.15, 0.2) is 0 Å². The Kier molecular flexibility index (Phi) is 4.53. The minimum absolute atomic E-state index is 0.363. The van der Waals surface area contributed by atoms with Crippen LogP contribution >= 0.6 is 12.2 Å². The highest BCUT2D eigenvalue weighted by Crippen LogP contribution is 2.29. The zero-order valence-electron chi connectivity index (χ0n) is 10.9. The Morgan fingerprint density at radius 3 is 3.00 bits per heavy atom. The van der Waals surface area contributed by atoms with Crippen LogP contribution in [0.25, 0.3) is 0 Å². The van der Waals surface area contributed by atoms with Crippen LogP contribution in [0.15, 0.2) is 18.3 Å². The first kappa shape index (κ1) is 13.3. The highest BCUT2D eigenvalue weighted by Gasteiger charge is 2.24. The number of nitrogens with two attached hydrogens (primary N) is 1. The van der Waals surface area contributed by atoms with Gasteiger partial charge in [0, 0.05) is 12.2 Å². The molecule has 3 N–H and O–H groups in total. The van der Waals surface area contributed by atoms with Gasteiger partial charge in [-0.1, -0.05) is 38.4 Å². The summed E-state index contributed by atoms with van der Waals surface area (Å²) < 4.78 is 0. The lowest BCUT2D eigenvalue weighted by Gasteiger charge is -2.32. The van der Waals surface area contributed by atoms with E-state index in [1.807, 2.05) is 12.1 Å². The summed E-state index contributed by atoms with van der Waals surface area (Å²) >= 11 is 5.05. The minimum Gasteiger partial charge on any atom is -0.388 e. The van der Waals surface area contributed by atoms with Crippen LogP contribution in [0.1, 0.15) is 44.7 Å². The van der Waals surface area contributed by atoms with E-state index in [0.717, 1.165) is 11.6 Å². The lowest BCUT2D eigenvalue weighted by atomic mass is 9.83. The lowest BCUT2D eigenvalue weighted by molar-refractivity contribution is 0.317. The van der Waals surface area contributed by atoms with E-state index in [1.165, 1.54) is 32.1 Å². The average Bonchev–Trinajstić information content (AvgIpc) is 2.40. The van der Waals surface area contributed by atoms with E-state index < -0.39 is 0 Å². The van der Waals surface area contributed by atoms with Gasteiger partial charge in [0.1, 0.15) is 10.7 Å². The minimum atomic E-state index is 0.363. The molecule has 1 aromatic rings. The molecular formula is C14H21N3S. The maximum Gasteiger partial charge on any atom is 0.124 e. The van der Waals surface area contributed by atoms with E-state index in [9.17, 15) is 0 Å². The van der Waals surface area contributed by atoms with Crippen molar-refractivity contribution in [1.29, 1.82) is 0 Å². The number of pyridine rings is 1. The molecular weight excluding hydrogens is 242 g/mol. The van der Waals surface area contributed by atoms with Gasteiger partial charge in [0.25, 0.3) is 0 Å². The van der Waals surface area contributed by atoms with Crippen molar-refractivity contribution < 1.29 is 0 Å². The predicted molar refractivity (Wildman–Crippen MR) is 79.8 cm³/mol. The quantitative estimate of drug-likeness (QED) is 0.820. The van der Waals surface area contributed by atoms with Crippen molar-refractivity contribution in [3.8, 4) is 0 Å². The van der Waals surface area contributed by atoms with Crippen LogP contribution in [0.2, 0.25) is 0 Å². The maximum absolute atomic E-state index is 5.72. The Morgan fingerprint density at radius 1 is 1.50 bits per heavy atom. The fourth-order valence-corrected chi connectivity index (χ4v) is 2.97. The van der Waals surface area contributed by atoms with E-state index in [0.29, 0.717) is 16.7 Å². The molecule has 0 saturated heterocycles. The van der Waals surface area contributed by atoms with E-state index >= 15 is 0 Å². The Hall–Kier alpha value is -1.16. The summed E-state index contributed by atoms with van der Waals surface area (Å²) in [5.41, 5.74) is 7.41. The molecule has 2 atom stereocenters. The normalized spacial score (nSPS) is 23.6. The maximum atomic E-state index is 5.72. The van der Waals surface area contributed by atoms with Crippen molar-refractivity contribution in [2.24, 2.45) is 11.7 Å². The number of nitrogens with zero attached hydrogens (tertiary/aromatic N) is 1. The molecule has 4 heteroatoms. The lowest BCUT2D eigenvalue weighted by Crippen LogP contribution is -2.32. The zero-order valence-corrected chi connectivity index (χ0v) is 11.7. The van der Waals surface area contributed by atoms with Gasteiger partial charge in [-0.05, 0) is 30.9 Å². The third-order valence-corrected chi connectivity index (χ3v) is 4.01. The monoisotopic (exact) mass is 263 g/mol. The van der Waals surface area contributed by atoms with Crippen molar-refractivity contribution in [2.75, 3.05) is 5.32 Å². The van der Waals surface area contributed by atoms with E-state index in [1.54, 1.807) is 6.20 Å². The molecule has 18 heavy (non-hydrogen) atoms. The highest BCUT2D eigenvalue weighted by atomic mass is 32.1. The van der Waals surface area contributed by atoms with Crippen LogP contribution in [0.3, 0.4) is 0 Å². The summed E-state index contributed by atoms with van der Waals surface area (Å²) in [6.07, 6.45) is 8.15. The molecule has 1 saturated carbocycles. The summed E-state index contributed by atoms with van der Waals surface area (Å²) in [4.78, 5) is 4.63. The fraction of sp³-hybridized carbons (Fsp3) is 0.571.